The van der Waals surface area contributed by atoms with Crippen LogP contribution >= 0.6 is 23.4 Å². The second-order valence-corrected chi connectivity index (χ2v) is 6.14. The number of hydrogen-bond acceptors (Lipinski definition) is 5. The molecule has 1 atom stereocenters. The van der Waals surface area contributed by atoms with E-state index >= 15 is 0 Å². The van der Waals surface area contributed by atoms with Gasteiger partial charge >= 0.3 is 0 Å². The van der Waals surface area contributed by atoms with Crippen molar-refractivity contribution in [2.75, 3.05) is 13.7 Å². The van der Waals surface area contributed by atoms with Gasteiger partial charge in [-0.15, -0.1) is 0 Å². The van der Waals surface area contributed by atoms with Crippen molar-refractivity contribution in [3.05, 3.63) is 33.6 Å². The van der Waals surface area contributed by atoms with E-state index in [4.69, 9.17) is 21.6 Å². The summed E-state index contributed by atoms with van der Waals surface area (Å²) in [6, 6.07) is 7.11. The van der Waals surface area contributed by atoms with Gasteiger partial charge in [-0.3, -0.25) is 9.36 Å². The molecule has 0 amide bonds. The second-order valence-electron chi connectivity index (χ2n) is 4.39. The molecule has 1 heterocycles. The monoisotopic (exact) mass is 323 g/mol. The number of ether oxygens (including phenoxy) is 1. The van der Waals surface area contributed by atoms with E-state index in [0.29, 0.717) is 34.2 Å². The van der Waals surface area contributed by atoms with Gasteiger partial charge in [0.1, 0.15) is 0 Å². The first-order chi connectivity index (χ1) is 10.1. The first-order valence-corrected chi connectivity index (χ1v) is 7.58. The van der Waals surface area contributed by atoms with Gasteiger partial charge in [0.25, 0.3) is 5.56 Å². The number of nitrogens with zero attached hydrogens (tertiary/aromatic N) is 3. The Morgan fingerprint density at radius 1 is 1.57 bits per heavy atom. The topological polar surface area (TPSA) is 67.9 Å². The second kappa shape index (κ2) is 6.94. The molecular weight excluding hydrogens is 310 g/mol. The van der Waals surface area contributed by atoms with Gasteiger partial charge < -0.3 is 4.74 Å². The highest BCUT2D eigenvalue weighted by molar-refractivity contribution is 8.00. The summed E-state index contributed by atoms with van der Waals surface area (Å²) in [7, 11) is 1.57. The third-order valence-electron chi connectivity index (χ3n) is 2.87. The Morgan fingerprint density at radius 2 is 2.33 bits per heavy atom. The van der Waals surface area contributed by atoms with Crippen molar-refractivity contribution in [1.82, 2.24) is 9.55 Å². The van der Waals surface area contributed by atoms with Crippen LogP contribution in [0.25, 0.3) is 10.9 Å². The minimum absolute atomic E-state index is 0.152. The molecule has 1 unspecified atom stereocenters. The van der Waals surface area contributed by atoms with Crippen LogP contribution in [-0.2, 0) is 11.3 Å². The molecule has 2 rings (SSSR count). The first kappa shape index (κ1) is 15.8. The predicted molar refractivity (Wildman–Crippen MR) is 83.8 cm³/mol. The normalized spacial score (nSPS) is 12.3. The summed E-state index contributed by atoms with van der Waals surface area (Å²) in [6.07, 6.45) is 0. The zero-order chi connectivity index (χ0) is 15.4. The van der Waals surface area contributed by atoms with Gasteiger partial charge in [0.15, 0.2) is 5.16 Å². The minimum atomic E-state index is -0.303. The Morgan fingerprint density at radius 3 is 3.00 bits per heavy atom. The van der Waals surface area contributed by atoms with Crippen molar-refractivity contribution in [3.8, 4) is 6.07 Å². The van der Waals surface area contributed by atoms with Crippen LogP contribution in [-0.4, -0.2) is 28.5 Å². The number of methoxy groups -OCH3 is 1. The smallest absolute Gasteiger partial charge is 0.262 e. The lowest BCUT2D eigenvalue weighted by molar-refractivity contribution is 0.183. The van der Waals surface area contributed by atoms with Crippen molar-refractivity contribution in [1.29, 1.82) is 5.26 Å². The maximum absolute atomic E-state index is 12.6. The number of fused-ring (bicyclic) bond motifs is 1. The van der Waals surface area contributed by atoms with Crippen molar-refractivity contribution >= 4 is 34.3 Å². The van der Waals surface area contributed by atoms with Crippen molar-refractivity contribution < 1.29 is 4.74 Å². The summed E-state index contributed by atoms with van der Waals surface area (Å²) < 4.78 is 6.58. The molecule has 0 fully saturated rings. The molecule has 0 saturated carbocycles. The molecule has 0 radical (unpaired) electrons. The number of halogens is 1. The van der Waals surface area contributed by atoms with Crippen LogP contribution < -0.4 is 5.56 Å². The quantitative estimate of drug-likeness (QED) is 0.625. The maximum atomic E-state index is 12.6. The third kappa shape index (κ3) is 3.56. The molecule has 0 spiro atoms. The van der Waals surface area contributed by atoms with E-state index in [9.17, 15) is 4.79 Å². The average molecular weight is 324 g/mol. The van der Waals surface area contributed by atoms with E-state index in [1.54, 1.807) is 32.2 Å². The van der Waals surface area contributed by atoms with Crippen LogP contribution in [0.15, 0.2) is 28.2 Å². The van der Waals surface area contributed by atoms with Crippen LogP contribution in [0.2, 0.25) is 5.02 Å². The van der Waals surface area contributed by atoms with Crippen LogP contribution in [0.4, 0.5) is 0 Å². The fourth-order valence-corrected chi connectivity index (χ4v) is 2.82. The highest BCUT2D eigenvalue weighted by Crippen LogP contribution is 2.23. The van der Waals surface area contributed by atoms with E-state index in [-0.39, 0.29) is 10.8 Å². The minimum Gasteiger partial charge on any atom is -0.383 e. The molecule has 5 nitrogen and oxygen atoms in total. The lowest BCUT2D eigenvalue weighted by Crippen LogP contribution is -2.25. The number of benzene rings is 1. The van der Waals surface area contributed by atoms with Crippen molar-refractivity contribution in [3.63, 3.8) is 0 Å². The average Bonchev–Trinajstić information content (AvgIpc) is 2.46. The van der Waals surface area contributed by atoms with E-state index < -0.39 is 0 Å². The highest BCUT2D eigenvalue weighted by Gasteiger charge is 2.14. The van der Waals surface area contributed by atoms with Gasteiger partial charge in [0.2, 0.25) is 0 Å². The fourth-order valence-electron chi connectivity index (χ4n) is 1.83. The lowest BCUT2D eigenvalue weighted by atomic mass is 10.2. The summed E-state index contributed by atoms with van der Waals surface area (Å²) >= 11 is 7.20. The largest absolute Gasteiger partial charge is 0.383 e. The van der Waals surface area contributed by atoms with Gasteiger partial charge in [0.05, 0.1) is 35.4 Å². The number of aromatic nitrogens is 2. The molecule has 2 aromatic rings. The van der Waals surface area contributed by atoms with E-state index in [0.717, 1.165) is 0 Å². The zero-order valence-electron chi connectivity index (χ0n) is 11.7. The van der Waals surface area contributed by atoms with Gasteiger partial charge in [-0.2, -0.15) is 5.26 Å². The Balaban J connectivity index is 2.61. The van der Waals surface area contributed by atoms with Crippen LogP contribution in [0.3, 0.4) is 0 Å². The van der Waals surface area contributed by atoms with E-state index in [2.05, 4.69) is 11.1 Å². The highest BCUT2D eigenvalue weighted by atomic mass is 35.5. The third-order valence-corrected chi connectivity index (χ3v) is 4.08. The first-order valence-electron chi connectivity index (χ1n) is 6.32. The number of thioether (sulfide) groups is 1. The number of rotatable bonds is 5. The molecular formula is C14H14ClN3O2S. The predicted octanol–water partition coefficient (Wildman–Crippen LogP) is 2.70. The van der Waals surface area contributed by atoms with Crippen LogP contribution in [0.5, 0.6) is 0 Å². The maximum Gasteiger partial charge on any atom is 0.262 e. The molecule has 0 aliphatic rings. The summed E-state index contributed by atoms with van der Waals surface area (Å²) in [6.45, 7) is 2.55. The Kier molecular flexibility index (Phi) is 5.23. The Bertz CT molecular complexity index is 754. The summed E-state index contributed by atoms with van der Waals surface area (Å²) in [5, 5.41) is 10.2. The molecule has 0 aliphatic heterocycles. The summed E-state index contributed by atoms with van der Waals surface area (Å²) in [5.74, 6) is 0. The standard InChI is InChI=1S/C14H14ClN3O2S/c1-9(8-16)21-14-17-12-7-10(15)3-4-11(12)13(19)18(14)5-6-20-2/h3-4,7,9H,5-6H2,1-2H3. The molecule has 1 aromatic carbocycles. The molecule has 1 aromatic heterocycles. The van der Waals surface area contributed by atoms with E-state index in [1.165, 1.54) is 16.3 Å². The van der Waals surface area contributed by atoms with Gasteiger partial charge in [-0.1, -0.05) is 23.4 Å². The van der Waals surface area contributed by atoms with Crippen molar-refractivity contribution in [2.45, 2.75) is 23.9 Å². The molecule has 0 N–H and O–H groups in total. The lowest BCUT2D eigenvalue weighted by Gasteiger charge is -2.13. The summed E-state index contributed by atoms with van der Waals surface area (Å²) in [4.78, 5) is 17.0. The summed E-state index contributed by atoms with van der Waals surface area (Å²) in [5.41, 5.74) is 0.384. The molecule has 0 bridgehead atoms. The molecule has 110 valence electrons. The SMILES string of the molecule is COCCn1c(SC(C)C#N)nc2cc(Cl)ccc2c1=O. The fraction of sp³-hybridized carbons (Fsp3) is 0.357. The van der Waals surface area contributed by atoms with Gasteiger partial charge in [-0.05, 0) is 25.1 Å². The number of hydrogen-bond donors (Lipinski definition) is 0. The van der Waals surface area contributed by atoms with Crippen molar-refractivity contribution in [2.24, 2.45) is 0 Å². The van der Waals surface area contributed by atoms with Crippen LogP contribution in [0.1, 0.15) is 6.92 Å². The molecule has 21 heavy (non-hydrogen) atoms. The van der Waals surface area contributed by atoms with Gasteiger partial charge in [0, 0.05) is 12.1 Å². The number of nitriles is 1. The molecule has 0 saturated heterocycles. The molecule has 0 aliphatic carbocycles. The van der Waals surface area contributed by atoms with Crippen LogP contribution in [0, 0.1) is 11.3 Å². The van der Waals surface area contributed by atoms with Gasteiger partial charge in [-0.25, -0.2) is 4.98 Å². The Hall–Kier alpha value is -1.55. The Labute approximate surface area is 131 Å². The molecule has 7 heteroatoms. The van der Waals surface area contributed by atoms with E-state index in [1.807, 2.05) is 0 Å². The zero-order valence-corrected chi connectivity index (χ0v) is 13.2.